The van der Waals surface area contributed by atoms with Crippen molar-refractivity contribution in [2.45, 2.75) is 6.61 Å². The number of rotatable bonds is 8. The van der Waals surface area contributed by atoms with Crippen molar-refractivity contribution in [1.29, 1.82) is 0 Å². The quantitative estimate of drug-likeness (QED) is 0.304. The van der Waals surface area contributed by atoms with Crippen LogP contribution in [0.5, 0.6) is 17.2 Å². The second-order valence-electron chi connectivity index (χ2n) is 7.50. The van der Waals surface area contributed by atoms with Crippen molar-refractivity contribution in [3.05, 3.63) is 107 Å². The van der Waals surface area contributed by atoms with E-state index >= 15 is 0 Å². The molecule has 0 atom stereocenters. The van der Waals surface area contributed by atoms with Gasteiger partial charge in [-0.1, -0.05) is 54.1 Å². The van der Waals surface area contributed by atoms with E-state index in [-0.39, 0.29) is 12.5 Å². The van der Waals surface area contributed by atoms with Gasteiger partial charge in [0.05, 0.1) is 19.9 Å². The molecule has 0 radical (unpaired) electrons. The summed E-state index contributed by atoms with van der Waals surface area (Å²) in [4.78, 5) is 12.9. The molecule has 172 valence electrons. The largest absolute Gasteiger partial charge is 0.496 e. The Labute approximate surface area is 203 Å². The lowest BCUT2D eigenvalue weighted by Crippen LogP contribution is -2.13. The lowest BCUT2D eigenvalue weighted by Gasteiger charge is -2.14. The van der Waals surface area contributed by atoms with Crippen LogP contribution < -0.4 is 19.5 Å². The molecule has 0 spiro atoms. The van der Waals surface area contributed by atoms with Gasteiger partial charge in [0.15, 0.2) is 0 Å². The fourth-order valence-corrected chi connectivity index (χ4v) is 3.71. The zero-order valence-corrected chi connectivity index (χ0v) is 19.6. The van der Waals surface area contributed by atoms with Crippen molar-refractivity contribution >= 4 is 23.2 Å². The highest BCUT2D eigenvalue weighted by Gasteiger charge is 2.14. The van der Waals surface area contributed by atoms with E-state index in [9.17, 15) is 4.79 Å². The molecule has 0 saturated carbocycles. The summed E-state index contributed by atoms with van der Waals surface area (Å²) in [7, 11) is 3.12. The van der Waals surface area contributed by atoms with Crippen LogP contribution in [0.3, 0.4) is 0 Å². The Balaban J connectivity index is 1.48. The predicted molar refractivity (Wildman–Crippen MR) is 135 cm³/mol. The molecular formula is C28H24ClNO4. The van der Waals surface area contributed by atoms with Gasteiger partial charge in [-0.3, -0.25) is 4.79 Å². The molecule has 0 unspecified atom stereocenters. The molecule has 5 nitrogen and oxygen atoms in total. The number of carbonyl (C=O) groups is 1. The first-order valence-corrected chi connectivity index (χ1v) is 11.1. The van der Waals surface area contributed by atoms with Gasteiger partial charge in [-0.15, -0.1) is 0 Å². The maximum atomic E-state index is 12.9. The lowest BCUT2D eigenvalue weighted by molar-refractivity contribution is 0.102. The van der Waals surface area contributed by atoms with E-state index in [1.54, 1.807) is 43.5 Å². The van der Waals surface area contributed by atoms with E-state index in [0.717, 1.165) is 22.4 Å². The number of methoxy groups -OCH3 is 2. The van der Waals surface area contributed by atoms with Crippen molar-refractivity contribution in [3.63, 3.8) is 0 Å². The molecule has 0 fully saturated rings. The van der Waals surface area contributed by atoms with Crippen LogP contribution in [-0.4, -0.2) is 20.1 Å². The molecule has 0 aliphatic rings. The van der Waals surface area contributed by atoms with Crippen molar-refractivity contribution in [3.8, 4) is 28.4 Å². The molecule has 0 heterocycles. The standard InChI is InChI=1S/C28H24ClNO4/c1-32-26-14-10-21(28(31)30-25-17-23(29)11-15-27(25)33-2)16-22(26)18-34-24-12-8-20(9-13-24)19-6-4-3-5-7-19/h3-17H,18H2,1-2H3,(H,30,31). The molecule has 4 aromatic carbocycles. The molecule has 1 N–H and O–H groups in total. The molecule has 6 heteroatoms. The Hall–Kier alpha value is -3.96. The Kier molecular flexibility index (Phi) is 7.35. The van der Waals surface area contributed by atoms with Crippen molar-refractivity contribution in [2.24, 2.45) is 0 Å². The molecule has 4 aromatic rings. The summed E-state index contributed by atoms with van der Waals surface area (Å²) in [6.45, 7) is 0.245. The lowest BCUT2D eigenvalue weighted by atomic mass is 10.1. The van der Waals surface area contributed by atoms with Crippen LogP contribution in [-0.2, 0) is 6.61 Å². The first-order chi connectivity index (χ1) is 16.6. The molecule has 0 aliphatic heterocycles. The van der Waals surface area contributed by atoms with Crippen molar-refractivity contribution in [1.82, 2.24) is 0 Å². The molecule has 0 aliphatic carbocycles. The first-order valence-electron chi connectivity index (χ1n) is 10.7. The third-order valence-corrected chi connectivity index (χ3v) is 5.54. The van der Waals surface area contributed by atoms with E-state index < -0.39 is 0 Å². The van der Waals surface area contributed by atoms with Crippen molar-refractivity contribution in [2.75, 3.05) is 19.5 Å². The number of amides is 1. The maximum absolute atomic E-state index is 12.9. The van der Waals surface area contributed by atoms with Gasteiger partial charge in [0, 0.05) is 16.1 Å². The third-order valence-electron chi connectivity index (χ3n) is 5.31. The Morgan fingerprint density at radius 1 is 0.794 bits per heavy atom. The van der Waals surface area contributed by atoms with E-state index in [0.29, 0.717) is 27.8 Å². The Morgan fingerprint density at radius 3 is 2.18 bits per heavy atom. The summed E-state index contributed by atoms with van der Waals surface area (Å²) in [6.07, 6.45) is 0. The molecule has 0 saturated heterocycles. The highest BCUT2D eigenvalue weighted by molar-refractivity contribution is 6.31. The van der Waals surface area contributed by atoms with Gasteiger partial charge in [0.1, 0.15) is 23.9 Å². The van der Waals surface area contributed by atoms with Crippen molar-refractivity contribution < 1.29 is 19.0 Å². The maximum Gasteiger partial charge on any atom is 0.255 e. The van der Waals surface area contributed by atoms with Crippen LogP contribution >= 0.6 is 11.6 Å². The average molecular weight is 474 g/mol. The fourth-order valence-electron chi connectivity index (χ4n) is 3.54. The molecular weight excluding hydrogens is 450 g/mol. The zero-order valence-electron chi connectivity index (χ0n) is 18.9. The summed E-state index contributed by atoms with van der Waals surface area (Å²) in [5.74, 6) is 1.59. The molecule has 1 amide bonds. The summed E-state index contributed by atoms with van der Waals surface area (Å²) >= 11 is 6.07. The number of hydrogen-bond acceptors (Lipinski definition) is 4. The van der Waals surface area contributed by atoms with Crippen LogP contribution in [0.2, 0.25) is 5.02 Å². The number of nitrogens with one attached hydrogen (secondary N) is 1. The highest BCUT2D eigenvalue weighted by Crippen LogP contribution is 2.29. The minimum absolute atomic E-state index is 0.245. The Bertz CT molecular complexity index is 1270. The van der Waals surface area contributed by atoms with Gasteiger partial charge in [-0.05, 0) is 59.7 Å². The van der Waals surface area contributed by atoms with Crippen LogP contribution in [0, 0.1) is 0 Å². The fraction of sp³-hybridized carbons (Fsp3) is 0.107. The van der Waals surface area contributed by atoms with Gasteiger partial charge in [-0.25, -0.2) is 0 Å². The van der Waals surface area contributed by atoms with Crippen LogP contribution in [0.25, 0.3) is 11.1 Å². The predicted octanol–water partition coefficient (Wildman–Crippen LogP) is 6.86. The monoisotopic (exact) mass is 473 g/mol. The van der Waals surface area contributed by atoms with Crippen LogP contribution in [0.1, 0.15) is 15.9 Å². The minimum Gasteiger partial charge on any atom is -0.496 e. The van der Waals surface area contributed by atoms with Gasteiger partial charge < -0.3 is 19.5 Å². The number of hydrogen-bond donors (Lipinski definition) is 1. The molecule has 34 heavy (non-hydrogen) atoms. The van der Waals surface area contributed by atoms with E-state index in [4.69, 9.17) is 25.8 Å². The SMILES string of the molecule is COc1ccc(C(=O)Nc2cc(Cl)ccc2OC)cc1COc1ccc(-c2ccccc2)cc1. The highest BCUT2D eigenvalue weighted by atomic mass is 35.5. The smallest absolute Gasteiger partial charge is 0.255 e. The first kappa shape index (κ1) is 23.2. The summed E-state index contributed by atoms with van der Waals surface area (Å²) in [5, 5.41) is 3.35. The molecule has 0 aromatic heterocycles. The van der Waals surface area contributed by atoms with E-state index in [2.05, 4.69) is 17.4 Å². The van der Waals surface area contributed by atoms with Gasteiger partial charge >= 0.3 is 0 Å². The van der Waals surface area contributed by atoms with Crippen LogP contribution in [0.15, 0.2) is 91.0 Å². The second-order valence-corrected chi connectivity index (χ2v) is 7.94. The van der Waals surface area contributed by atoms with Crippen LogP contribution in [0.4, 0.5) is 5.69 Å². The van der Waals surface area contributed by atoms with Gasteiger partial charge in [-0.2, -0.15) is 0 Å². The van der Waals surface area contributed by atoms with Gasteiger partial charge in [0.25, 0.3) is 5.91 Å². The summed E-state index contributed by atoms with van der Waals surface area (Å²) in [5.41, 5.74) is 3.96. The van der Waals surface area contributed by atoms with E-state index in [1.165, 1.54) is 7.11 Å². The topological polar surface area (TPSA) is 56.8 Å². The minimum atomic E-state index is -0.295. The molecule has 4 rings (SSSR count). The average Bonchev–Trinajstić information content (AvgIpc) is 2.88. The number of benzene rings is 4. The number of ether oxygens (including phenoxy) is 3. The number of anilines is 1. The number of carbonyl (C=O) groups excluding carboxylic acids is 1. The normalized spacial score (nSPS) is 10.4. The van der Waals surface area contributed by atoms with Gasteiger partial charge in [0.2, 0.25) is 0 Å². The summed E-state index contributed by atoms with van der Waals surface area (Å²) < 4.78 is 16.8. The molecule has 0 bridgehead atoms. The third kappa shape index (κ3) is 5.50. The Morgan fingerprint density at radius 2 is 1.47 bits per heavy atom. The van der Waals surface area contributed by atoms with E-state index in [1.807, 2.05) is 42.5 Å². The summed E-state index contributed by atoms with van der Waals surface area (Å²) in [6, 6.07) is 28.3. The zero-order chi connectivity index (χ0) is 23.9. The number of halogens is 1. The second kappa shape index (κ2) is 10.8.